The number of aliphatic hydroxyl groups is 1. The van der Waals surface area contributed by atoms with E-state index in [0.717, 1.165) is 0 Å². The largest absolute Gasteiger partial charge is 0.394 e. The number of hydrogen-bond donors (Lipinski definition) is 1. The van der Waals surface area contributed by atoms with Crippen LogP contribution in [0.5, 0.6) is 0 Å². The lowest BCUT2D eigenvalue weighted by Crippen LogP contribution is -2.20. The molecule has 82 valence electrons. The van der Waals surface area contributed by atoms with Crippen molar-refractivity contribution in [3.63, 3.8) is 0 Å². The predicted octanol–water partition coefficient (Wildman–Crippen LogP) is 1.24. The first-order chi connectivity index (χ1) is 6.49. The molecular formula is C10H20O3Si. The van der Waals surface area contributed by atoms with Crippen LogP contribution in [0.25, 0.3) is 0 Å². The van der Waals surface area contributed by atoms with Gasteiger partial charge in [-0.25, -0.2) is 0 Å². The van der Waals surface area contributed by atoms with Crippen molar-refractivity contribution >= 4 is 8.07 Å². The molecule has 0 radical (unpaired) electrons. The lowest BCUT2D eigenvalue weighted by molar-refractivity contribution is -0.0847. The average Bonchev–Trinajstić information content (AvgIpc) is 2.09. The average molecular weight is 216 g/mol. The van der Waals surface area contributed by atoms with Crippen LogP contribution in [-0.4, -0.2) is 39.8 Å². The van der Waals surface area contributed by atoms with Gasteiger partial charge in [0.25, 0.3) is 0 Å². The van der Waals surface area contributed by atoms with Crippen molar-refractivity contribution in [1.29, 1.82) is 0 Å². The maximum atomic E-state index is 8.95. The Morgan fingerprint density at radius 2 is 2.00 bits per heavy atom. The summed E-state index contributed by atoms with van der Waals surface area (Å²) in [7, 11) is 0.260. The van der Waals surface area contributed by atoms with Crippen LogP contribution in [0, 0.1) is 11.5 Å². The molecule has 0 saturated carbocycles. The summed E-state index contributed by atoms with van der Waals surface area (Å²) in [6.45, 7) is 6.75. The molecule has 4 heteroatoms. The highest BCUT2D eigenvalue weighted by Gasteiger charge is 2.09. The van der Waals surface area contributed by atoms with Gasteiger partial charge in [-0.05, 0) is 0 Å². The lowest BCUT2D eigenvalue weighted by Gasteiger charge is -2.11. The molecule has 0 fully saturated rings. The number of aliphatic hydroxyl groups excluding tert-OH is 1. The molecule has 0 aliphatic rings. The second kappa shape index (κ2) is 7.02. The van der Waals surface area contributed by atoms with E-state index in [1.165, 1.54) is 0 Å². The highest BCUT2D eigenvalue weighted by molar-refractivity contribution is 6.83. The quantitative estimate of drug-likeness (QED) is 0.427. The van der Waals surface area contributed by atoms with E-state index in [-0.39, 0.29) is 19.5 Å². The Balaban J connectivity index is 3.86. The maximum Gasteiger partial charge on any atom is 0.146 e. The van der Waals surface area contributed by atoms with Crippen LogP contribution >= 0.6 is 0 Å². The van der Waals surface area contributed by atoms with Gasteiger partial charge in [-0.15, -0.1) is 11.5 Å². The van der Waals surface area contributed by atoms with Gasteiger partial charge >= 0.3 is 0 Å². The van der Waals surface area contributed by atoms with Crippen LogP contribution in [0.3, 0.4) is 0 Å². The molecule has 0 amide bonds. The Labute approximate surface area is 87.4 Å². The zero-order valence-corrected chi connectivity index (χ0v) is 10.5. The first kappa shape index (κ1) is 13.7. The van der Waals surface area contributed by atoms with Crippen molar-refractivity contribution in [2.75, 3.05) is 20.5 Å². The fourth-order valence-corrected chi connectivity index (χ4v) is 1.40. The van der Waals surface area contributed by atoms with Crippen molar-refractivity contribution < 1.29 is 14.6 Å². The minimum absolute atomic E-state index is 0.0102. The van der Waals surface area contributed by atoms with Crippen molar-refractivity contribution in [2.45, 2.75) is 32.2 Å². The summed E-state index contributed by atoms with van der Waals surface area (Å²) >= 11 is 0. The van der Waals surface area contributed by atoms with Gasteiger partial charge in [-0.2, -0.15) is 0 Å². The van der Waals surface area contributed by atoms with Gasteiger partial charge in [-0.3, -0.25) is 0 Å². The maximum absolute atomic E-state index is 8.95. The van der Waals surface area contributed by atoms with E-state index in [0.29, 0.717) is 6.42 Å². The molecule has 1 N–H and O–H groups in total. The highest BCUT2D eigenvalue weighted by Crippen LogP contribution is 2.00. The van der Waals surface area contributed by atoms with Gasteiger partial charge in [0.05, 0.1) is 12.7 Å². The highest BCUT2D eigenvalue weighted by atomic mass is 28.3. The molecule has 0 aliphatic heterocycles. The minimum Gasteiger partial charge on any atom is -0.394 e. The van der Waals surface area contributed by atoms with Gasteiger partial charge in [0, 0.05) is 13.5 Å². The molecule has 0 heterocycles. The summed E-state index contributed by atoms with van der Waals surface area (Å²) in [5.41, 5.74) is 3.22. The van der Waals surface area contributed by atoms with E-state index in [9.17, 15) is 0 Å². The summed E-state index contributed by atoms with van der Waals surface area (Å²) in [6, 6.07) is 0. The molecule has 0 saturated heterocycles. The Morgan fingerprint density at radius 1 is 1.36 bits per heavy atom. The van der Waals surface area contributed by atoms with Crippen LogP contribution in [0.4, 0.5) is 0 Å². The topological polar surface area (TPSA) is 38.7 Å². The summed E-state index contributed by atoms with van der Waals surface area (Å²) < 4.78 is 9.94. The minimum atomic E-state index is -1.30. The van der Waals surface area contributed by atoms with Crippen LogP contribution < -0.4 is 0 Å². The molecule has 3 nitrogen and oxygen atoms in total. The molecule has 0 aliphatic carbocycles. The molecule has 0 aromatic rings. The van der Waals surface area contributed by atoms with E-state index < -0.39 is 8.07 Å². The summed E-state index contributed by atoms with van der Waals surface area (Å²) in [5.74, 6) is 3.06. The Kier molecular flexibility index (Phi) is 6.84. The third-order valence-corrected chi connectivity index (χ3v) is 2.35. The zero-order chi connectivity index (χ0) is 11.0. The normalized spacial score (nSPS) is 13.2. The molecule has 0 unspecified atom stereocenters. The molecule has 0 spiro atoms. The van der Waals surface area contributed by atoms with Gasteiger partial charge < -0.3 is 14.6 Å². The van der Waals surface area contributed by atoms with Crippen molar-refractivity contribution in [1.82, 2.24) is 0 Å². The summed E-state index contributed by atoms with van der Waals surface area (Å²) in [5, 5.41) is 8.95. The molecule has 1 atom stereocenters. The first-order valence-electron chi connectivity index (χ1n) is 4.71. The Morgan fingerprint density at radius 3 is 2.43 bits per heavy atom. The van der Waals surface area contributed by atoms with Crippen molar-refractivity contribution in [3.05, 3.63) is 0 Å². The molecule has 0 aromatic heterocycles. The van der Waals surface area contributed by atoms with Crippen molar-refractivity contribution in [2.24, 2.45) is 0 Å². The number of ether oxygens (including phenoxy) is 2. The third-order valence-electron chi connectivity index (χ3n) is 1.42. The van der Waals surface area contributed by atoms with Crippen LogP contribution in [0.15, 0.2) is 0 Å². The SMILES string of the molecule is COCO[C@H](CO)CC#C[Si](C)(C)C. The van der Waals surface area contributed by atoms with Crippen LogP contribution in [-0.2, 0) is 9.47 Å². The lowest BCUT2D eigenvalue weighted by atomic mass is 10.3. The molecule has 14 heavy (non-hydrogen) atoms. The van der Waals surface area contributed by atoms with E-state index >= 15 is 0 Å². The van der Waals surface area contributed by atoms with Gasteiger partial charge in [0.15, 0.2) is 0 Å². The fourth-order valence-electron chi connectivity index (χ4n) is 0.770. The van der Waals surface area contributed by atoms with E-state index in [1.807, 2.05) is 0 Å². The van der Waals surface area contributed by atoms with Gasteiger partial charge in [-0.1, -0.05) is 19.6 Å². The third kappa shape index (κ3) is 8.26. The van der Waals surface area contributed by atoms with Crippen molar-refractivity contribution in [3.8, 4) is 11.5 Å². The fraction of sp³-hybridized carbons (Fsp3) is 0.800. The summed E-state index contributed by atoms with van der Waals surface area (Å²) in [4.78, 5) is 0. The van der Waals surface area contributed by atoms with E-state index in [2.05, 4.69) is 31.1 Å². The number of hydrogen-bond acceptors (Lipinski definition) is 3. The Hall–Kier alpha value is -0.343. The second-order valence-corrected chi connectivity index (χ2v) is 8.88. The molecular weight excluding hydrogens is 196 g/mol. The smallest absolute Gasteiger partial charge is 0.146 e. The second-order valence-electron chi connectivity index (χ2n) is 4.13. The first-order valence-corrected chi connectivity index (χ1v) is 8.21. The standard InChI is InChI=1S/C10H20O3Si/c1-12-9-13-10(8-11)6-5-7-14(2,3)4/h10-11H,6,8-9H2,1-4H3/t10-/m0/s1. The van der Waals surface area contributed by atoms with E-state index in [1.54, 1.807) is 7.11 Å². The molecule has 0 aromatic carbocycles. The van der Waals surface area contributed by atoms with Crippen LogP contribution in [0.1, 0.15) is 6.42 Å². The van der Waals surface area contributed by atoms with Gasteiger partial charge in [0.2, 0.25) is 0 Å². The zero-order valence-electron chi connectivity index (χ0n) is 9.46. The Bertz CT molecular complexity index is 200. The molecule has 0 rings (SSSR count). The summed E-state index contributed by atoms with van der Waals surface area (Å²) in [6.07, 6.45) is 0.350. The molecule has 0 bridgehead atoms. The van der Waals surface area contributed by atoms with Gasteiger partial charge in [0.1, 0.15) is 14.9 Å². The number of methoxy groups -OCH3 is 1. The monoisotopic (exact) mass is 216 g/mol. The predicted molar refractivity (Wildman–Crippen MR) is 59.6 cm³/mol. The van der Waals surface area contributed by atoms with E-state index in [4.69, 9.17) is 14.6 Å². The van der Waals surface area contributed by atoms with Crippen LogP contribution in [0.2, 0.25) is 19.6 Å². The number of rotatable bonds is 5.